The Labute approximate surface area is 166 Å². The van der Waals surface area contributed by atoms with Gasteiger partial charge in [-0.3, -0.25) is 9.36 Å². The highest BCUT2D eigenvalue weighted by molar-refractivity contribution is 5.68. The number of imidazole rings is 1. The molecule has 0 aliphatic heterocycles. The third-order valence-electron chi connectivity index (χ3n) is 6.50. The zero-order valence-corrected chi connectivity index (χ0v) is 16.0. The molecule has 4 atom stereocenters. The summed E-state index contributed by atoms with van der Waals surface area (Å²) in [5, 5.41) is 4.21. The second-order valence-electron chi connectivity index (χ2n) is 8.18. The minimum atomic E-state index is -0.163. The highest BCUT2D eigenvalue weighted by Gasteiger charge is 2.58. The Hall–Kier alpha value is -3.29. The number of rotatable bonds is 4. The average molecular weight is 388 g/mol. The maximum absolute atomic E-state index is 12.7. The number of hydrogen-bond donors (Lipinski definition) is 0. The lowest BCUT2D eigenvalue weighted by Crippen LogP contribution is -2.22. The zero-order chi connectivity index (χ0) is 19.5. The van der Waals surface area contributed by atoms with Gasteiger partial charge in [0.15, 0.2) is 17.0 Å². The predicted octanol–water partition coefficient (Wildman–Crippen LogP) is 2.47. The Morgan fingerprint density at radius 2 is 1.86 bits per heavy atom. The summed E-state index contributed by atoms with van der Waals surface area (Å²) in [4.78, 5) is 25.6. The summed E-state index contributed by atoms with van der Waals surface area (Å²) in [6.07, 6.45) is 5.44. The Balaban J connectivity index is 1.18. The largest absolute Gasteiger partial charge is 0.337 e. The lowest BCUT2D eigenvalue weighted by atomic mass is 9.92. The topological polar surface area (TPSA) is 91.6 Å². The first-order chi connectivity index (χ1) is 14.2. The van der Waals surface area contributed by atoms with Gasteiger partial charge in [0.2, 0.25) is 5.89 Å². The van der Waals surface area contributed by atoms with Crippen LogP contribution in [0.1, 0.15) is 42.0 Å². The highest BCUT2D eigenvalue weighted by atomic mass is 16.5. The quantitative estimate of drug-likeness (QED) is 0.533. The standard InChI is InChI=1S/C21H20N6O2/c1-26-10-22-20-18(26)21(28)27(11-23-20)9-16-24-19(25-29-16)17-14-7-13(8-15(14)17)12-5-3-2-4-6-12/h2-6,10-11,13-15,17H,7-9H2,1H3/t13?,14-,15+,17?. The fourth-order valence-electron chi connectivity index (χ4n) is 5.02. The summed E-state index contributed by atoms with van der Waals surface area (Å²) in [6.45, 7) is 0.217. The minimum absolute atomic E-state index is 0.163. The molecule has 29 heavy (non-hydrogen) atoms. The lowest BCUT2D eigenvalue weighted by molar-refractivity contribution is 0.363. The summed E-state index contributed by atoms with van der Waals surface area (Å²) in [5.74, 6) is 3.53. The van der Waals surface area contributed by atoms with Gasteiger partial charge in [0, 0.05) is 13.0 Å². The first kappa shape index (κ1) is 16.6. The fourth-order valence-corrected chi connectivity index (χ4v) is 5.02. The Morgan fingerprint density at radius 1 is 1.10 bits per heavy atom. The fraction of sp³-hybridized carbons (Fsp3) is 0.381. The first-order valence-electron chi connectivity index (χ1n) is 9.93. The van der Waals surface area contributed by atoms with Crippen LogP contribution in [0.15, 0.2) is 52.3 Å². The van der Waals surface area contributed by atoms with Crippen molar-refractivity contribution in [3.63, 3.8) is 0 Å². The van der Waals surface area contributed by atoms with E-state index in [-0.39, 0.29) is 12.1 Å². The van der Waals surface area contributed by atoms with Crippen LogP contribution in [-0.4, -0.2) is 29.2 Å². The van der Waals surface area contributed by atoms with Gasteiger partial charge in [-0.2, -0.15) is 4.98 Å². The number of benzene rings is 1. The molecule has 8 heteroatoms. The van der Waals surface area contributed by atoms with Gasteiger partial charge in [-0.05, 0) is 36.2 Å². The second kappa shape index (κ2) is 6.10. The molecular weight excluding hydrogens is 368 g/mol. The molecule has 0 saturated heterocycles. The first-order valence-corrected chi connectivity index (χ1v) is 9.93. The Bertz CT molecular complexity index is 1250. The lowest BCUT2D eigenvalue weighted by Gasteiger charge is -2.13. The van der Waals surface area contributed by atoms with Gasteiger partial charge >= 0.3 is 0 Å². The summed E-state index contributed by atoms with van der Waals surface area (Å²) >= 11 is 0. The van der Waals surface area contributed by atoms with Gasteiger partial charge in [-0.1, -0.05) is 35.5 Å². The number of hydrogen-bond acceptors (Lipinski definition) is 6. The number of fused-ring (bicyclic) bond motifs is 2. The van der Waals surface area contributed by atoms with Gasteiger partial charge in [0.25, 0.3) is 5.56 Å². The number of nitrogens with zero attached hydrogens (tertiary/aromatic N) is 6. The molecule has 3 aromatic heterocycles. The third kappa shape index (κ3) is 2.62. The summed E-state index contributed by atoms with van der Waals surface area (Å²) < 4.78 is 8.62. The van der Waals surface area contributed by atoms with E-state index >= 15 is 0 Å². The summed E-state index contributed by atoms with van der Waals surface area (Å²) in [6, 6.07) is 10.7. The van der Waals surface area contributed by atoms with E-state index in [1.54, 1.807) is 17.9 Å². The van der Waals surface area contributed by atoms with Gasteiger partial charge in [-0.25, -0.2) is 9.97 Å². The maximum Gasteiger partial charge on any atom is 0.280 e. The van der Waals surface area contributed by atoms with Crippen LogP contribution in [0.25, 0.3) is 11.2 Å². The van der Waals surface area contributed by atoms with Crippen molar-refractivity contribution in [1.29, 1.82) is 0 Å². The SMILES string of the molecule is Cn1cnc2ncn(Cc3nc(C4[C@H]5CC(c6ccccc6)C[C@@H]45)no3)c(=O)c21. The van der Waals surface area contributed by atoms with Gasteiger partial charge in [0.1, 0.15) is 12.9 Å². The van der Waals surface area contributed by atoms with Crippen molar-refractivity contribution in [3.8, 4) is 0 Å². The van der Waals surface area contributed by atoms with Gasteiger partial charge < -0.3 is 9.09 Å². The molecule has 0 bridgehead atoms. The van der Waals surface area contributed by atoms with E-state index in [9.17, 15) is 4.79 Å². The van der Waals surface area contributed by atoms with Crippen LogP contribution < -0.4 is 5.56 Å². The van der Waals surface area contributed by atoms with E-state index in [1.807, 2.05) is 0 Å². The van der Waals surface area contributed by atoms with E-state index in [4.69, 9.17) is 4.52 Å². The van der Waals surface area contributed by atoms with E-state index in [2.05, 4.69) is 50.4 Å². The molecule has 4 aromatic rings. The molecule has 2 aliphatic carbocycles. The average Bonchev–Trinajstić information content (AvgIpc) is 3.16. The normalized spacial score (nSPS) is 25.4. The number of aromatic nitrogens is 6. The monoisotopic (exact) mass is 388 g/mol. The molecule has 2 aliphatic rings. The van der Waals surface area contributed by atoms with E-state index in [0.717, 1.165) is 5.82 Å². The van der Waals surface area contributed by atoms with Crippen LogP contribution in [-0.2, 0) is 13.6 Å². The zero-order valence-electron chi connectivity index (χ0n) is 16.0. The van der Waals surface area contributed by atoms with E-state index in [1.165, 1.54) is 29.3 Å². The van der Waals surface area contributed by atoms with Crippen LogP contribution in [0.3, 0.4) is 0 Å². The molecule has 8 nitrogen and oxygen atoms in total. The van der Waals surface area contributed by atoms with Crippen LogP contribution in [0.2, 0.25) is 0 Å². The Kier molecular flexibility index (Phi) is 3.50. The van der Waals surface area contributed by atoms with Crippen molar-refractivity contribution in [2.75, 3.05) is 0 Å². The van der Waals surface area contributed by atoms with Gasteiger partial charge in [0.05, 0.1) is 6.33 Å². The van der Waals surface area contributed by atoms with Crippen molar-refractivity contribution in [2.45, 2.75) is 31.2 Å². The van der Waals surface area contributed by atoms with Crippen molar-refractivity contribution < 1.29 is 4.52 Å². The molecule has 2 fully saturated rings. The van der Waals surface area contributed by atoms with Crippen LogP contribution in [0, 0.1) is 11.8 Å². The molecule has 1 aromatic carbocycles. The van der Waals surface area contributed by atoms with Crippen LogP contribution in [0.4, 0.5) is 0 Å². The van der Waals surface area contributed by atoms with Gasteiger partial charge in [-0.15, -0.1) is 0 Å². The molecule has 3 heterocycles. The molecule has 146 valence electrons. The van der Waals surface area contributed by atoms with Crippen molar-refractivity contribution in [2.24, 2.45) is 18.9 Å². The summed E-state index contributed by atoms with van der Waals surface area (Å²) in [5.41, 5.74) is 2.18. The molecular formula is C21H20N6O2. The van der Waals surface area contributed by atoms with E-state index in [0.29, 0.717) is 40.7 Å². The maximum atomic E-state index is 12.7. The van der Waals surface area contributed by atoms with Crippen molar-refractivity contribution in [3.05, 3.63) is 70.6 Å². The van der Waals surface area contributed by atoms with E-state index < -0.39 is 0 Å². The van der Waals surface area contributed by atoms with Crippen molar-refractivity contribution >= 4 is 11.2 Å². The smallest absolute Gasteiger partial charge is 0.280 e. The highest BCUT2D eigenvalue weighted by Crippen LogP contribution is 2.66. The Morgan fingerprint density at radius 3 is 2.66 bits per heavy atom. The molecule has 0 spiro atoms. The molecule has 2 saturated carbocycles. The molecule has 2 unspecified atom stereocenters. The second-order valence-corrected chi connectivity index (χ2v) is 8.18. The molecule has 6 rings (SSSR count). The van der Waals surface area contributed by atoms with Crippen LogP contribution in [0.5, 0.6) is 0 Å². The third-order valence-corrected chi connectivity index (χ3v) is 6.50. The minimum Gasteiger partial charge on any atom is -0.337 e. The molecule has 0 amide bonds. The summed E-state index contributed by atoms with van der Waals surface area (Å²) in [7, 11) is 1.78. The molecule has 0 N–H and O–H groups in total. The van der Waals surface area contributed by atoms with Crippen LogP contribution >= 0.6 is 0 Å². The van der Waals surface area contributed by atoms with Crippen molar-refractivity contribution in [1.82, 2.24) is 29.2 Å². The predicted molar refractivity (Wildman–Crippen MR) is 104 cm³/mol. The molecule has 0 radical (unpaired) electrons. The number of aryl methyl sites for hydroxylation is 1.